The lowest BCUT2D eigenvalue weighted by molar-refractivity contribution is -0.137. The zero-order valence-corrected chi connectivity index (χ0v) is 18.9. The van der Waals surface area contributed by atoms with Gasteiger partial charge in [-0.25, -0.2) is 0 Å². The van der Waals surface area contributed by atoms with Gasteiger partial charge in [0.2, 0.25) is 11.7 Å². The van der Waals surface area contributed by atoms with E-state index in [4.69, 9.17) is 20.9 Å². The topological polar surface area (TPSA) is 68.5 Å². The number of halogens is 4. The monoisotopic (exact) mass is 481 g/mol. The summed E-state index contributed by atoms with van der Waals surface area (Å²) in [5, 5.41) is 4.35. The number of ether oxygens (including phenoxy) is 1. The summed E-state index contributed by atoms with van der Waals surface area (Å²) in [7, 11) is 0. The molecule has 3 aromatic rings. The smallest absolute Gasteiger partial charge is 0.416 e. The summed E-state index contributed by atoms with van der Waals surface area (Å²) in [6.45, 7) is 4.62. The number of alkyl halides is 3. The molecule has 1 aromatic heterocycles. The van der Waals surface area contributed by atoms with E-state index in [0.717, 1.165) is 12.1 Å². The normalized spacial score (nSPS) is 11.6. The highest BCUT2D eigenvalue weighted by molar-refractivity contribution is 6.30. The molecular weight excluding hydrogens is 459 g/mol. The third-order valence-corrected chi connectivity index (χ3v) is 4.88. The van der Waals surface area contributed by atoms with Crippen molar-refractivity contribution in [2.45, 2.75) is 26.4 Å². The van der Waals surface area contributed by atoms with Gasteiger partial charge in [-0.3, -0.25) is 4.79 Å². The maximum Gasteiger partial charge on any atom is 0.416 e. The van der Waals surface area contributed by atoms with Gasteiger partial charge in [0.15, 0.2) is 6.61 Å². The van der Waals surface area contributed by atoms with Crippen LogP contribution in [0.3, 0.4) is 0 Å². The van der Waals surface area contributed by atoms with Crippen LogP contribution < -0.4 is 4.74 Å². The SMILES string of the molecule is CC(C)CN(CCc1nc(-c2cccc(C(F)(F)F)c2)no1)C(=O)COc1ccc(Cl)cc1. The fourth-order valence-corrected chi connectivity index (χ4v) is 3.19. The molecular formula is C23H23ClF3N3O3. The zero-order chi connectivity index (χ0) is 24.0. The van der Waals surface area contributed by atoms with Gasteiger partial charge < -0.3 is 14.2 Å². The lowest BCUT2D eigenvalue weighted by atomic mass is 10.1. The van der Waals surface area contributed by atoms with Gasteiger partial charge in [-0.1, -0.05) is 42.7 Å². The molecule has 0 radical (unpaired) electrons. The Hall–Kier alpha value is -3.07. The highest BCUT2D eigenvalue weighted by Gasteiger charge is 2.30. The molecule has 0 unspecified atom stereocenters. The molecule has 0 saturated heterocycles. The Balaban J connectivity index is 1.62. The van der Waals surface area contributed by atoms with Crippen LogP contribution in [-0.2, 0) is 17.4 Å². The predicted molar refractivity (Wildman–Crippen MR) is 117 cm³/mol. The number of amides is 1. The number of benzene rings is 2. The Kier molecular flexibility index (Phi) is 7.97. The first kappa shape index (κ1) is 24.6. The minimum atomic E-state index is -4.46. The first-order chi connectivity index (χ1) is 15.6. The molecule has 0 fully saturated rings. The van der Waals surface area contributed by atoms with Crippen molar-refractivity contribution < 1.29 is 27.2 Å². The van der Waals surface area contributed by atoms with E-state index in [1.807, 2.05) is 13.8 Å². The van der Waals surface area contributed by atoms with Crippen LogP contribution in [0.2, 0.25) is 5.02 Å². The molecule has 0 saturated carbocycles. The van der Waals surface area contributed by atoms with Crippen LogP contribution in [0, 0.1) is 5.92 Å². The standard InChI is InChI=1S/C23H23ClF3N3O3/c1-15(2)13-30(21(31)14-32-19-8-6-18(24)7-9-19)11-10-20-28-22(29-33-20)16-4-3-5-17(12-16)23(25,26)27/h3-9,12,15H,10-11,13-14H2,1-2H3. The summed E-state index contributed by atoms with van der Waals surface area (Å²) in [4.78, 5) is 18.5. The fraction of sp³-hybridized carbons (Fsp3) is 0.348. The lowest BCUT2D eigenvalue weighted by Gasteiger charge is -2.24. The third-order valence-electron chi connectivity index (χ3n) is 4.63. The minimum absolute atomic E-state index is 0.0592. The van der Waals surface area contributed by atoms with Crippen LogP contribution in [0.5, 0.6) is 5.75 Å². The Morgan fingerprint density at radius 1 is 1.18 bits per heavy atom. The molecule has 176 valence electrons. The number of carbonyl (C=O) groups excluding carboxylic acids is 1. The highest BCUT2D eigenvalue weighted by atomic mass is 35.5. The number of carbonyl (C=O) groups is 1. The molecule has 0 aliphatic rings. The van der Waals surface area contributed by atoms with E-state index in [9.17, 15) is 18.0 Å². The number of aromatic nitrogens is 2. The number of hydrogen-bond donors (Lipinski definition) is 0. The number of rotatable bonds is 9. The van der Waals surface area contributed by atoms with Crippen molar-refractivity contribution in [2.24, 2.45) is 5.92 Å². The Labute approximate surface area is 194 Å². The lowest BCUT2D eigenvalue weighted by Crippen LogP contribution is -2.39. The Bertz CT molecular complexity index is 1070. The minimum Gasteiger partial charge on any atom is -0.484 e. The second kappa shape index (κ2) is 10.7. The second-order valence-corrected chi connectivity index (χ2v) is 8.25. The Morgan fingerprint density at radius 2 is 1.91 bits per heavy atom. The molecule has 2 aromatic carbocycles. The molecule has 0 N–H and O–H groups in total. The summed E-state index contributed by atoms with van der Waals surface area (Å²) < 4.78 is 49.6. The predicted octanol–water partition coefficient (Wildman–Crippen LogP) is 5.51. The molecule has 3 rings (SSSR count). The van der Waals surface area contributed by atoms with Crippen molar-refractivity contribution in [1.29, 1.82) is 0 Å². The van der Waals surface area contributed by atoms with Crippen LogP contribution in [-0.4, -0.2) is 40.6 Å². The van der Waals surface area contributed by atoms with E-state index >= 15 is 0 Å². The number of nitrogens with zero attached hydrogens (tertiary/aromatic N) is 3. The largest absolute Gasteiger partial charge is 0.484 e. The van der Waals surface area contributed by atoms with Gasteiger partial charge in [0.05, 0.1) is 5.56 Å². The molecule has 1 amide bonds. The highest BCUT2D eigenvalue weighted by Crippen LogP contribution is 2.31. The maximum atomic E-state index is 12.9. The van der Waals surface area contributed by atoms with Gasteiger partial charge in [-0.2, -0.15) is 18.2 Å². The quantitative estimate of drug-likeness (QED) is 0.403. The average molecular weight is 482 g/mol. The van der Waals surface area contributed by atoms with Gasteiger partial charge >= 0.3 is 6.18 Å². The first-order valence-corrected chi connectivity index (χ1v) is 10.7. The number of hydrogen-bond acceptors (Lipinski definition) is 5. The van der Waals surface area contributed by atoms with Crippen LogP contribution in [0.4, 0.5) is 13.2 Å². The molecule has 6 nitrogen and oxygen atoms in total. The molecule has 0 aliphatic carbocycles. The van der Waals surface area contributed by atoms with Crippen molar-refractivity contribution >= 4 is 17.5 Å². The van der Waals surface area contributed by atoms with Crippen molar-refractivity contribution in [3.63, 3.8) is 0 Å². The van der Waals surface area contributed by atoms with Gasteiger partial charge in [0.1, 0.15) is 5.75 Å². The van der Waals surface area contributed by atoms with E-state index in [2.05, 4.69) is 10.1 Å². The third kappa shape index (κ3) is 7.21. The van der Waals surface area contributed by atoms with Crippen molar-refractivity contribution in [3.05, 3.63) is 65.0 Å². The van der Waals surface area contributed by atoms with E-state index < -0.39 is 11.7 Å². The van der Waals surface area contributed by atoms with Crippen LogP contribution in [0.1, 0.15) is 25.3 Å². The van der Waals surface area contributed by atoms with Crippen molar-refractivity contribution in [2.75, 3.05) is 19.7 Å². The van der Waals surface area contributed by atoms with E-state index in [-0.39, 0.29) is 42.1 Å². The molecule has 0 spiro atoms. The molecule has 0 atom stereocenters. The van der Waals surface area contributed by atoms with Crippen LogP contribution in [0.25, 0.3) is 11.4 Å². The van der Waals surface area contributed by atoms with Gasteiger partial charge in [-0.05, 0) is 42.3 Å². The zero-order valence-electron chi connectivity index (χ0n) is 18.1. The van der Waals surface area contributed by atoms with Crippen LogP contribution >= 0.6 is 11.6 Å². The Morgan fingerprint density at radius 3 is 2.58 bits per heavy atom. The summed E-state index contributed by atoms with van der Waals surface area (Å²) in [5.41, 5.74) is -0.591. The van der Waals surface area contributed by atoms with E-state index in [0.29, 0.717) is 23.9 Å². The summed E-state index contributed by atoms with van der Waals surface area (Å²) in [6.07, 6.45) is -4.21. The molecule has 10 heteroatoms. The maximum absolute atomic E-state index is 12.9. The van der Waals surface area contributed by atoms with Gasteiger partial charge in [0.25, 0.3) is 5.91 Å². The molecule has 33 heavy (non-hydrogen) atoms. The van der Waals surface area contributed by atoms with E-state index in [1.54, 1.807) is 29.2 Å². The summed E-state index contributed by atoms with van der Waals surface area (Å²) in [6, 6.07) is 11.4. The fourth-order valence-electron chi connectivity index (χ4n) is 3.06. The van der Waals surface area contributed by atoms with Crippen LogP contribution in [0.15, 0.2) is 53.1 Å². The molecule has 1 heterocycles. The van der Waals surface area contributed by atoms with Gasteiger partial charge in [-0.15, -0.1) is 0 Å². The summed E-state index contributed by atoms with van der Waals surface area (Å²) >= 11 is 5.85. The first-order valence-electron chi connectivity index (χ1n) is 10.3. The molecule has 0 aliphatic heterocycles. The molecule has 0 bridgehead atoms. The average Bonchev–Trinajstić information content (AvgIpc) is 3.24. The van der Waals surface area contributed by atoms with Gasteiger partial charge in [0, 0.05) is 30.1 Å². The van der Waals surface area contributed by atoms with E-state index in [1.165, 1.54) is 12.1 Å². The van der Waals surface area contributed by atoms with Crippen molar-refractivity contribution in [3.8, 4) is 17.1 Å². The second-order valence-electron chi connectivity index (χ2n) is 7.82. The summed E-state index contributed by atoms with van der Waals surface area (Å²) in [5.74, 6) is 0.815. The van der Waals surface area contributed by atoms with Crippen molar-refractivity contribution in [1.82, 2.24) is 15.0 Å².